The molecule has 2 aliphatic rings. The van der Waals surface area contributed by atoms with E-state index in [-0.39, 0.29) is 30.4 Å². The van der Waals surface area contributed by atoms with Gasteiger partial charge in [-0.1, -0.05) is 44.4 Å². The summed E-state index contributed by atoms with van der Waals surface area (Å²) in [6.07, 6.45) is 8.96. The maximum absolute atomic E-state index is 15.2. The Balaban J connectivity index is 1.34. The molecule has 5 rings (SSSR count). The molecule has 10 heteroatoms. The first-order valence-electron chi connectivity index (χ1n) is 14.0. The molecule has 8 nitrogen and oxygen atoms in total. The molecule has 1 aliphatic carbocycles. The number of cyclic esters (lactones) is 1. The van der Waals surface area contributed by atoms with E-state index in [1.807, 2.05) is 19.9 Å². The summed E-state index contributed by atoms with van der Waals surface area (Å²) in [7, 11) is 0. The second-order valence-electron chi connectivity index (χ2n) is 11.1. The Hall–Kier alpha value is -3.38. The topological polar surface area (TPSA) is 90.8 Å². The van der Waals surface area contributed by atoms with Crippen molar-refractivity contribution in [2.45, 2.75) is 89.2 Å². The first kappa shape index (κ1) is 28.2. The lowest BCUT2D eigenvalue weighted by Gasteiger charge is -2.43. The van der Waals surface area contributed by atoms with Crippen molar-refractivity contribution in [3.05, 3.63) is 69.8 Å². The van der Waals surface area contributed by atoms with Crippen molar-refractivity contribution in [1.82, 2.24) is 19.6 Å². The number of esters is 1. The average molecular weight is 566 g/mol. The van der Waals surface area contributed by atoms with Gasteiger partial charge in [0.25, 0.3) is 11.3 Å². The molecule has 1 saturated heterocycles. The molecule has 3 aromatic rings. The van der Waals surface area contributed by atoms with Crippen LogP contribution in [0.15, 0.2) is 30.6 Å². The molecule has 0 N–H and O–H groups in total. The van der Waals surface area contributed by atoms with Gasteiger partial charge in [0.2, 0.25) is 0 Å². The van der Waals surface area contributed by atoms with Crippen LogP contribution in [0.1, 0.15) is 82.2 Å². The van der Waals surface area contributed by atoms with Gasteiger partial charge >= 0.3 is 5.97 Å². The van der Waals surface area contributed by atoms with Crippen LogP contribution in [0.3, 0.4) is 0 Å². The minimum atomic E-state index is -0.982. The van der Waals surface area contributed by atoms with E-state index in [1.54, 1.807) is 12.3 Å². The fourth-order valence-electron chi connectivity index (χ4n) is 6.45. The third-order valence-corrected chi connectivity index (χ3v) is 9.09. The number of hydrogen-bond donors (Lipinski definition) is 0. The number of ether oxygens (including phenoxy) is 1. The predicted molar refractivity (Wildman–Crippen MR) is 147 cm³/mol. The van der Waals surface area contributed by atoms with Crippen LogP contribution in [0.4, 0.5) is 4.39 Å². The van der Waals surface area contributed by atoms with Gasteiger partial charge in [0.15, 0.2) is 11.6 Å². The molecule has 2 unspecified atom stereocenters. The second kappa shape index (κ2) is 11.2. The molecule has 0 bridgehead atoms. The zero-order valence-corrected chi connectivity index (χ0v) is 23.6. The number of aryl methyl sites for hydroxylation is 1. The Morgan fingerprint density at radius 2 is 2.00 bits per heavy atom. The molecule has 1 aromatic carbocycles. The van der Waals surface area contributed by atoms with E-state index in [4.69, 9.17) is 22.9 Å². The van der Waals surface area contributed by atoms with Crippen molar-refractivity contribution in [3.63, 3.8) is 0 Å². The molecular formula is C30H33ClFN5O3. The lowest BCUT2D eigenvalue weighted by Crippen LogP contribution is -2.52. The van der Waals surface area contributed by atoms with Gasteiger partial charge in [0.05, 0.1) is 23.0 Å². The molecule has 2 atom stereocenters. The molecule has 1 aliphatic heterocycles. The summed E-state index contributed by atoms with van der Waals surface area (Å²) in [4.78, 5) is 39.0. The SMILES string of the molecule is [C-]#[N+]C(CC)(CC)c1ccc(CCC2(C3CCCC3)CC(=O)C(Cc3nc4ncc(Cl)cn4n3)C(=O)O2)cc1F. The number of hydrogen-bond acceptors (Lipinski definition) is 6. The zero-order valence-electron chi connectivity index (χ0n) is 22.8. The average Bonchev–Trinajstić information content (AvgIpc) is 3.62. The van der Waals surface area contributed by atoms with E-state index in [0.717, 1.165) is 31.2 Å². The normalized spacial score (nSPS) is 22.0. The predicted octanol–water partition coefficient (Wildman–Crippen LogP) is 6.09. The first-order chi connectivity index (χ1) is 19.2. The maximum Gasteiger partial charge on any atom is 0.317 e. The third-order valence-electron chi connectivity index (χ3n) is 8.90. The summed E-state index contributed by atoms with van der Waals surface area (Å²) < 4.78 is 22.9. The lowest BCUT2D eigenvalue weighted by atomic mass is 9.73. The first-order valence-corrected chi connectivity index (χ1v) is 14.4. The number of carbonyl (C=O) groups is 2. The highest BCUT2D eigenvalue weighted by atomic mass is 35.5. The van der Waals surface area contributed by atoms with Crippen molar-refractivity contribution >= 4 is 29.1 Å². The summed E-state index contributed by atoms with van der Waals surface area (Å²) in [6.45, 7) is 11.5. The summed E-state index contributed by atoms with van der Waals surface area (Å²) in [6, 6.07) is 5.07. The molecule has 40 heavy (non-hydrogen) atoms. The van der Waals surface area contributed by atoms with Crippen LogP contribution in [0, 0.1) is 24.2 Å². The van der Waals surface area contributed by atoms with Crippen LogP contribution < -0.4 is 0 Å². The standard InChI is InChI=1S/C30H33ClFN5O3/c1-4-29(5-2,33-3)23-11-10-19(14-24(23)32)12-13-30(20-8-6-7-9-20)16-25(38)22(27(39)40-30)15-26-35-28-34-17-21(31)18-37(28)36-26/h10-11,14,17-18,20,22H,4-9,12-13,15-16H2,1-2H3. The second-order valence-corrected chi connectivity index (χ2v) is 11.5. The van der Waals surface area contributed by atoms with Crippen molar-refractivity contribution in [1.29, 1.82) is 0 Å². The molecule has 3 heterocycles. The Labute approximate surface area is 238 Å². The van der Waals surface area contributed by atoms with Crippen LogP contribution in [0.2, 0.25) is 5.02 Å². The molecule has 210 valence electrons. The third kappa shape index (κ3) is 5.22. The number of halogens is 2. The highest BCUT2D eigenvalue weighted by Gasteiger charge is 2.51. The van der Waals surface area contributed by atoms with E-state index < -0.39 is 23.0 Å². The van der Waals surface area contributed by atoms with Crippen molar-refractivity contribution < 1.29 is 18.7 Å². The molecule has 0 amide bonds. The molecule has 0 spiro atoms. The number of benzene rings is 1. The van der Waals surface area contributed by atoms with Gasteiger partial charge in [-0.15, -0.1) is 5.10 Å². The van der Waals surface area contributed by atoms with E-state index in [9.17, 15) is 9.59 Å². The fraction of sp³-hybridized carbons (Fsp3) is 0.533. The van der Waals surface area contributed by atoms with Gasteiger partial charge in [-0.3, -0.25) is 9.59 Å². The van der Waals surface area contributed by atoms with Crippen molar-refractivity contribution in [2.24, 2.45) is 11.8 Å². The van der Waals surface area contributed by atoms with Gasteiger partial charge in [-0.25, -0.2) is 20.5 Å². The van der Waals surface area contributed by atoms with E-state index in [0.29, 0.717) is 47.9 Å². The minimum absolute atomic E-state index is 0.0315. The number of fused-ring (bicyclic) bond motifs is 1. The monoisotopic (exact) mass is 565 g/mol. The number of nitrogens with zero attached hydrogens (tertiary/aromatic N) is 5. The summed E-state index contributed by atoms with van der Waals surface area (Å²) in [5.41, 5.74) is -0.603. The number of carbonyl (C=O) groups excluding carboxylic acids is 2. The zero-order chi connectivity index (χ0) is 28.5. The number of aromatic nitrogens is 4. The summed E-state index contributed by atoms with van der Waals surface area (Å²) in [5.74, 6) is -1.36. The summed E-state index contributed by atoms with van der Waals surface area (Å²) in [5, 5.41) is 4.72. The largest absolute Gasteiger partial charge is 0.458 e. The number of ketones is 1. The van der Waals surface area contributed by atoms with Crippen LogP contribution in [0.25, 0.3) is 10.6 Å². The Morgan fingerprint density at radius 3 is 2.65 bits per heavy atom. The van der Waals surface area contributed by atoms with Crippen LogP contribution >= 0.6 is 11.6 Å². The number of Topliss-reactive ketones (excluding diaryl/α,β-unsaturated/α-hetero) is 1. The van der Waals surface area contributed by atoms with Gasteiger partial charge < -0.3 is 9.58 Å². The van der Waals surface area contributed by atoms with Crippen molar-refractivity contribution in [3.8, 4) is 0 Å². The molecular weight excluding hydrogens is 533 g/mol. The van der Waals surface area contributed by atoms with Gasteiger partial charge in [-0.2, -0.15) is 4.98 Å². The van der Waals surface area contributed by atoms with E-state index >= 15 is 4.39 Å². The lowest BCUT2D eigenvalue weighted by molar-refractivity contribution is -0.185. The van der Waals surface area contributed by atoms with Crippen LogP contribution in [-0.4, -0.2) is 36.9 Å². The van der Waals surface area contributed by atoms with Gasteiger partial charge in [-0.05, 0) is 49.3 Å². The fourth-order valence-corrected chi connectivity index (χ4v) is 6.59. The van der Waals surface area contributed by atoms with Crippen LogP contribution in [0.5, 0.6) is 0 Å². The molecule has 0 radical (unpaired) electrons. The quantitative estimate of drug-likeness (QED) is 0.177. The van der Waals surface area contributed by atoms with E-state index in [1.165, 1.54) is 16.8 Å². The maximum atomic E-state index is 15.2. The van der Waals surface area contributed by atoms with Crippen molar-refractivity contribution in [2.75, 3.05) is 0 Å². The molecule has 2 fully saturated rings. The summed E-state index contributed by atoms with van der Waals surface area (Å²) >= 11 is 5.98. The highest BCUT2D eigenvalue weighted by Crippen LogP contribution is 2.45. The Kier molecular flexibility index (Phi) is 7.92. The molecule has 1 saturated carbocycles. The molecule has 2 aromatic heterocycles. The smallest absolute Gasteiger partial charge is 0.317 e. The van der Waals surface area contributed by atoms with Gasteiger partial charge in [0, 0.05) is 25.7 Å². The Morgan fingerprint density at radius 1 is 1.25 bits per heavy atom. The van der Waals surface area contributed by atoms with Gasteiger partial charge in [0.1, 0.15) is 17.3 Å². The Bertz CT molecular complexity index is 1450. The minimum Gasteiger partial charge on any atom is -0.458 e. The van der Waals surface area contributed by atoms with E-state index in [2.05, 4.69) is 19.9 Å². The van der Waals surface area contributed by atoms with Crippen LogP contribution in [-0.2, 0) is 32.7 Å². The number of rotatable bonds is 9. The highest BCUT2D eigenvalue weighted by molar-refractivity contribution is 6.30.